The third-order valence-corrected chi connectivity index (χ3v) is 5.25. The minimum Gasteiger partial charge on any atom is -0.429 e. The number of ether oxygens (including phenoxy) is 1. The molecule has 1 heterocycles. The van der Waals surface area contributed by atoms with Crippen molar-refractivity contribution in [2.75, 3.05) is 13.1 Å². The summed E-state index contributed by atoms with van der Waals surface area (Å²) in [6, 6.07) is 16.4. The molecule has 0 saturated carbocycles. The van der Waals surface area contributed by atoms with Crippen molar-refractivity contribution in [2.45, 2.75) is 37.5 Å². The topological polar surface area (TPSA) is 70.0 Å². The minimum atomic E-state index is -0.894. The zero-order valence-corrected chi connectivity index (χ0v) is 14.9. The Labute approximate surface area is 153 Å². The fraction of sp³-hybridized carbons (Fsp3) is 0.381. The van der Waals surface area contributed by atoms with Crippen LogP contribution in [0.2, 0.25) is 0 Å². The molecule has 2 aromatic carbocycles. The van der Waals surface area contributed by atoms with Gasteiger partial charge in [-0.25, -0.2) is 0 Å². The first-order chi connectivity index (χ1) is 12.5. The van der Waals surface area contributed by atoms with Gasteiger partial charge in [0.1, 0.15) is 11.4 Å². The molecule has 1 fully saturated rings. The number of likely N-dealkylation sites (tertiary alicyclic amines) is 1. The molecule has 2 N–H and O–H groups in total. The van der Waals surface area contributed by atoms with Gasteiger partial charge in [0, 0.05) is 12.6 Å². The van der Waals surface area contributed by atoms with Gasteiger partial charge in [-0.2, -0.15) is 0 Å². The van der Waals surface area contributed by atoms with E-state index >= 15 is 0 Å². The van der Waals surface area contributed by atoms with E-state index in [4.69, 9.17) is 4.74 Å². The van der Waals surface area contributed by atoms with E-state index in [1.165, 1.54) is 0 Å². The second-order valence-electron chi connectivity index (χ2n) is 6.94. The smallest absolute Gasteiger partial charge is 0.298 e. The lowest BCUT2D eigenvalue weighted by atomic mass is 9.84. The summed E-state index contributed by atoms with van der Waals surface area (Å²) in [5.41, 5.74) is 0.779. The number of carbonyl (C=O) groups excluding carboxylic acids is 1. The van der Waals surface area contributed by atoms with Crippen LogP contribution in [0.4, 0.5) is 0 Å². The average Bonchev–Trinajstić information content (AvgIpc) is 2.68. The van der Waals surface area contributed by atoms with Crippen molar-refractivity contribution in [3.8, 4) is 5.75 Å². The van der Waals surface area contributed by atoms with E-state index < -0.39 is 11.7 Å². The van der Waals surface area contributed by atoms with Crippen LogP contribution in [0.5, 0.6) is 5.75 Å². The Bertz CT molecular complexity index is 719. The van der Waals surface area contributed by atoms with Crippen molar-refractivity contribution in [1.82, 2.24) is 4.90 Å². The van der Waals surface area contributed by atoms with E-state index in [0.29, 0.717) is 25.2 Å². The highest BCUT2D eigenvalue weighted by atomic mass is 16.5. The summed E-state index contributed by atoms with van der Waals surface area (Å²) in [5, 5.41) is 21.9. The quantitative estimate of drug-likeness (QED) is 0.780. The molecule has 0 radical (unpaired) electrons. The first kappa shape index (κ1) is 18.6. The van der Waals surface area contributed by atoms with E-state index in [1.807, 2.05) is 37.3 Å². The predicted molar refractivity (Wildman–Crippen MR) is 98.7 cm³/mol. The number of hydrogen-bond acceptors (Lipinski definition) is 5. The molecule has 0 bridgehead atoms. The third-order valence-electron chi connectivity index (χ3n) is 5.25. The average molecular weight is 355 g/mol. The molecule has 1 aliphatic rings. The van der Waals surface area contributed by atoms with E-state index in [1.54, 1.807) is 24.3 Å². The Hall–Kier alpha value is -2.21. The SMILES string of the molecule is CC(C(O)c1ccc(OC=O)cc1)N1CCCC(O)(c2ccccc2)C1. The molecule has 0 aromatic heterocycles. The summed E-state index contributed by atoms with van der Waals surface area (Å²) in [5.74, 6) is 0.444. The molecule has 0 spiro atoms. The summed E-state index contributed by atoms with van der Waals surface area (Å²) in [6.45, 7) is 3.67. The standard InChI is InChI=1S/C21H25NO4/c1-16(20(24)17-8-10-19(11-9-17)26-15-23)22-13-5-12-21(25,14-22)18-6-3-2-4-7-18/h2-4,6-11,15-16,20,24-25H,5,12-14H2,1H3. The second kappa shape index (κ2) is 7.99. The maximum absolute atomic E-state index is 11.1. The van der Waals surface area contributed by atoms with Crippen LogP contribution in [-0.4, -0.2) is 40.7 Å². The Morgan fingerprint density at radius 1 is 1.15 bits per heavy atom. The molecule has 3 atom stereocenters. The lowest BCUT2D eigenvalue weighted by molar-refractivity contribution is -0.120. The molecule has 138 valence electrons. The van der Waals surface area contributed by atoms with Gasteiger partial charge < -0.3 is 14.9 Å². The number of carbonyl (C=O) groups is 1. The van der Waals surface area contributed by atoms with Crippen LogP contribution < -0.4 is 4.74 Å². The molecular weight excluding hydrogens is 330 g/mol. The number of hydrogen-bond donors (Lipinski definition) is 2. The number of benzene rings is 2. The number of piperidine rings is 1. The molecule has 1 aliphatic heterocycles. The van der Waals surface area contributed by atoms with Crippen molar-refractivity contribution in [3.05, 3.63) is 65.7 Å². The third kappa shape index (κ3) is 3.96. The highest BCUT2D eigenvalue weighted by molar-refractivity contribution is 5.45. The van der Waals surface area contributed by atoms with E-state index in [9.17, 15) is 15.0 Å². The van der Waals surface area contributed by atoms with Crippen molar-refractivity contribution in [2.24, 2.45) is 0 Å². The lowest BCUT2D eigenvalue weighted by Gasteiger charge is -2.43. The van der Waals surface area contributed by atoms with E-state index in [0.717, 1.165) is 24.1 Å². The Morgan fingerprint density at radius 2 is 1.85 bits per heavy atom. The first-order valence-corrected chi connectivity index (χ1v) is 8.94. The molecule has 0 aliphatic carbocycles. The molecule has 3 unspecified atom stereocenters. The van der Waals surface area contributed by atoms with Crippen molar-refractivity contribution in [3.63, 3.8) is 0 Å². The fourth-order valence-electron chi connectivity index (χ4n) is 3.68. The number of rotatable bonds is 6. The maximum Gasteiger partial charge on any atom is 0.298 e. The molecular formula is C21H25NO4. The second-order valence-corrected chi connectivity index (χ2v) is 6.94. The number of nitrogens with zero attached hydrogens (tertiary/aromatic N) is 1. The van der Waals surface area contributed by atoms with E-state index in [-0.39, 0.29) is 6.04 Å². The minimum absolute atomic E-state index is 0.150. The molecule has 1 saturated heterocycles. The molecule has 26 heavy (non-hydrogen) atoms. The van der Waals surface area contributed by atoms with Crippen LogP contribution in [0.1, 0.15) is 37.0 Å². The Morgan fingerprint density at radius 3 is 2.50 bits per heavy atom. The van der Waals surface area contributed by atoms with E-state index in [2.05, 4.69) is 4.90 Å². The van der Waals surface area contributed by atoms with Crippen LogP contribution in [0.25, 0.3) is 0 Å². The molecule has 2 aromatic rings. The number of aliphatic hydroxyl groups excluding tert-OH is 1. The highest BCUT2D eigenvalue weighted by Gasteiger charge is 2.37. The zero-order valence-electron chi connectivity index (χ0n) is 14.9. The number of aliphatic hydroxyl groups is 2. The molecule has 5 heteroatoms. The van der Waals surface area contributed by atoms with Gasteiger partial charge in [0.05, 0.1) is 6.10 Å². The van der Waals surface area contributed by atoms with Gasteiger partial charge in [-0.05, 0) is 49.6 Å². The summed E-state index contributed by atoms with van der Waals surface area (Å²) in [6.07, 6.45) is 0.890. The first-order valence-electron chi connectivity index (χ1n) is 8.94. The summed E-state index contributed by atoms with van der Waals surface area (Å²) < 4.78 is 4.79. The van der Waals surface area contributed by atoms with Gasteiger partial charge in [-0.15, -0.1) is 0 Å². The fourth-order valence-corrected chi connectivity index (χ4v) is 3.68. The van der Waals surface area contributed by atoms with Gasteiger partial charge in [-0.3, -0.25) is 9.69 Å². The molecule has 0 amide bonds. The largest absolute Gasteiger partial charge is 0.429 e. The van der Waals surface area contributed by atoms with Gasteiger partial charge in [0.25, 0.3) is 6.47 Å². The zero-order chi connectivity index (χ0) is 18.6. The van der Waals surface area contributed by atoms with Crippen LogP contribution >= 0.6 is 0 Å². The number of β-amino-alcohol motifs (C(OH)–C–C–N with tert-alkyl or cyclic N) is 1. The summed E-state index contributed by atoms with van der Waals surface area (Å²) in [4.78, 5) is 12.5. The summed E-state index contributed by atoms with van der Waals surface area (Å²) >= 11 is 0. The Kier molecular flexibility index (Phi) is 5.71. The van der Waals surface area contributed by atoms with Crippen molar-refractivity contribution < 1.29 is 19.7 Å². The van der Waals surface area contributed by atoms with Crippen LogP contribution in [-0.2, 0) is 10.4 Å². The predicted octanol–water partition coefficient (Wildman–Crippen LogP) is 2.63. The Balaban J connectivity index is 1.72. The van der Waals surface area contributed by atoms with Crippen molar-refractivity contribution in [1.29, 1.82) is 0 Å². The van der Waals surface area contributed by atoms with Crippen LogP contribution in [0.3, 0.4) is 0 Å². The molecule has 3 rings (SSSR count). The molecule has 5 nitrogen and oxygen atoms in total. The normalized spacial score (nSPS) is 23.2. The van der Waals surface area contributed by atoms with Gasteiger partial charge in [0.15, 0.2) is 0 Å². The highest BCUT2D eigenvalue weighted by Crippen LogP contribution is 2.34. The maximum atomic E-state index is 11.1. The van der Waals surface area contributed by atoms with Crippen LogP contribution in [0.15, 0.2) is 54.6 Å². The summed E-state index contributed by atoms with van der Waals surface area (Å²) in [7, 11) is 0. The van der Waals surface area contributed by atoms with Crippen LogP contribution in [0, 0.1) is 0 Å². The van der Waals surface area contributed by atoms with Gasteiger partial charge in [-0.1, -0.05) is 42.5 Å². The van der Waals surface area contributed by atoms with Crippen molar-refractivity contribution >= 4 is 6.47 Å². The lowest BCUT2D eigenvalue weighted by Crippen LogP contribution is -2.50. The monoisotopic (exact) mass is 355 g/mol. The van der Waals surface area contributed by atoms with Gasteiger partial charge >= 0.3 is 0 Å². The van der Waals surface area contributed by atoms with Gasteiger partial charge in [0.2, 0.25) is 0 Å².